The zero-order valence-electron chi connectivity index (χ0n) is 37.5. The highest BCUT2D eigenvalue weighted by Crippen LogP contribution is 2.42. The van der Waals surface area contributed by atoms with E-state index in [9.17, 15) is 0 Å². The molecule has 0 aliphatic carbocycles. The fourth-order valence-electron chi connectivity index (χ4n) is 11.9. The molecule has 0 bridgehead atoms. The van der Waals surface area contributed by atoms with Crippen molar-refractivity contribution < 1.29 is 0 Å². The van der Waals surface area contributed by atoms with E-state index in [2.05, 4.69) is 242 Å². The topological polar surface area (TPSA) is 57.4 Å². The molecule has 0 N–H and O–H groups in total. The van der Waals surface area contributed by atoms with Gasteiger partial charge in [0, 0.05) is 70.2 Å². The molecule has 16 rings (SSSR count). The Morgan fingerprint density at radius 1 is 0.229 bits per heavy atom. The van der Waals surface area contributed by atoms with Gasteiger partial charge in [-0.3, -0.25) is 9.13 Å². The summed E-state index contributed by atoms with van der Waals surface area (Å²) >= 11 is 0. The molecule has 0 fully saturated rings. The van der Waals surface area contributed by atoms with Crippen molar-refractivity contribution in [1.82, 2.24) is 32.9 Å². The number of benzene rings is 10. The van der Waals surface area contributed by atoms with Crippen molar-refractivity contribution >= 4 is 120 Å². The number of hydrogen-bond donors (Lipinski definition) is 0. The van der Waals surface area contributed by atoms with Crippen LogP contribution in [0.4, 0.5) is 0 Å². The lowest BCUT2D eigenvalue weighted by Gasteiger charge is -2.14. The van der Waals surface area contributed by atoms with Crippen LogP contribution in [-0.4, -0.2) is 32.9 Å². The van der Waals surface area contributed by atoms with Crippen LogP contribution in [0.25, 0.3) is 143 Å². The SMILES string of the molecule is c1ccc2c(c1)c1ccccc1n2-c1nc(-c2ccc3c(c2)c2ccccc2n2c4ccccc4c4cccc(c5cccc6c7ccccc7n3c65)c42)nc(-n2c3ccccc3c3ccccc32)n1. The number of hydrogen-bond acceptors (Lipinski definition) is 3. The summed E-state index contributed by atoms with van der Waals surface area (Å²) in [5.74, 6) is 1.66. The Morgan fingerprint density at radius 2 is 0.514 bits per heavy atom. The van der Waals surface area contributed by atoms with Gasteiger partial charge in [-0.05, 0) is 60.7 Å². The van der Waals surface area contributed by atoms with Gasteiger partial charge < -0.3 is 8.80 Å². The van der Waals surface area contributed by atoms with Crippen molar-refractivity contribution in [1.29, 1.82) is 0 Å². The summed E-state index contributed by atoms with van der Waals surface area (Å²) in [5, 5.41) is 14.0. The summed E-state index contributed by atoms with van der Waals surface area (Å²) in [6.07, 6.45) is 0. The van der Waals surface area contributed by atoms with Crippen LogP contribution >= 0.6 is 0 Å². The minimum atomic E-state index is 0.546. The number of aromatic nitrogens is 7. The highest BCUT2D eigenvalue weighted by Gasteiger charge is 2.22. The fourth-order valence-corrected chi connectivity index (χ4v) is 11.9. The van der Waals surface area contributed by atoms with Gasteiger partial charge in [-0.1, -0.05) is 164 Å². The second kappa shape index (κ2) is 14.0. The van der Waals surface area contributed by atoms with E-state index < -0.39 is 0 Å². The molecule has 10 aromatic carbocycles. The Morgan fingerprint density at radius 3 is 0.900 bits per heavy atom. The number of nitrogens with zero attached hydrogens (tertiary/aromatic N) is 7. The standard InChI is InChI=1S/C63H37N7/c1-11-31-54-39(17-1)40-18-2-12-32-55(40)69(54)62-64-61(65-63(66-62)70-56-33-13-3-19-41(56)42-20-4-14-34-57(42)70)38-35-36-58-50(37-38)45-23-7-10-30-53(45)67-51-28-8-5-21-43(51)46-24-15-26-48(59(46)67)49-27-16-25-47-44-22-6-9-29-52(44)68(58)60(47)49/h1-37H. The minimum absolute atomic E-state index is 0.546. The molecule has 0 spiro atoms. The first-order chi connectivity index (χ1) is 34.8. The van der Waals surface area contributed by atoms with Gasteiger partial charge in [0.2, 0.25) is 11.9 Å². The zero-order valence-corrected chi connectivity index (χ0v) is 37.5. The lowest BCUT2D eigenvalue weighted by molar-refractivity contribution is 0.893. The average Bonchev–Trinajstić information content (AvgIpc) is 4.16. The van der Waals surface area contributed by atoms with Crippen LogP contribution in [0, 0.1) is 0 Å². The fraction of sp³-hybridized carbons (Fsp3) is 0. The number of para-hydroxylation sites is 9. The Bertz CT molecular complexity index is 4730. The highest BCUT2D eigenvalue weighted by molar-refractivity contribution is 6.25. The molecule has 0 unspecified atom stereocenters. The predicted molar refractivity (Wildman–Crippen MR) is 290 cm³/mol. The normalized spacial score (nSPS) is 12.3. The lowest BCUT2D eigenvalue weighted by Crippen LogP contribution is -2.10. The van der Waals surface area contributed by atoms with Crippen molar-refractivity contribution in [3.8, 4) is 23.3 Å². The van der Waals surface area contributed by atoms with Crippen molar-refractivity contribution in [3.05, 3.63) is 224 Å². The molecule has 0 saturated carbocycles. The summed E-state index contributed by atoms with van der Waals surface area (Å²) in [5.41, 5.74) is 11.8. The summed E-state index contributed by atoms with van der Waals surface area (Å²) in [7, 11) is 0. The molecular weight excluding hydrogens is 855 g/mol. The van der Waals surface area contributed by atoms with Crippen LogP contribution in [0.5, 0.6) is 0 Å². The van der Waals surface area contributed by atoms with E-state index in [4.69, 9.17) is 15.0 Å². The van der Waals surface area contributed by atoms with Crippen LogP contribution in [-0.2, 0) is 0 Å². The Kier molecular flexibility index (Phi) is 7.49. The van der Waals surface area contributed by atoms with Crippen LogP contribution in [0.2, 0.25) is 0 Å². The predicted octanol–water partition coefficient (Wildman–Crippen LogP) is 15.7. The maximum atomic E-state index is 5.52. The van der Waals surface area contributed by atoms with Crippen molar-refractivity contribution in [2.75, 3.05) is 0 Å². The van der Waals surface area contributed by atoms with Gasteiger partial charge in [-0.2, -0.15) is 15.0 Å². The Labute approximate surface area is 398 Å². The Balaban J connectivity index is 1.10. The average molecular weight is 892 g/mol. The van der Waals surface area contributed by atoms with E-state index in [1.807, 2.05) is 0 Å². The van der Waals surface area contributed by atoms with Gasteiger partial charge >= 0.3 is 0 Å². The molecule has 70 heavy (non-hydrogen) atoms. The molecule has 0 atom stereocenters. The maximum absolute atomic E-state index is 5.52. The van der Waals surface area contributed by atoms with Gasteiger partial charge in [0.15, 0.2) is 5.82 Å². The van der Waals surface area contributed by atoms with E-state index in [-0.39, 0.29) is 0 Å². The first kappa shape index (κ1) is 37.5. The first-order valence-corrected chi connectivity index (χ1v) is 23.8. The van der Waals surface area contributed by atoms with Gasteiger partial charge in [-0.25, -0.2) is 0 Å². The minimum Gasteiger partial charge on any atom is -0.308 e. The smallest absolute Gasteiger partial charge is 0.240 e. The first-order valence-electron chi connectivity index (χ1n) is 23.8. The molecule has 6 heterocycles. The van der Waals surface area contributed by atoms with Crippen molar-refractivity contribution in [3.63, 3.8) is 0 Å². The largest absolute Gasteiger partial charge is 0.308 e. The van der Waals surface area contributed by atoms with Crippen molar-refractivity contribution in [2.24, 2.45) is 0 Å². The molecular formula is C63H37N7. The third-order valence-electron chi connectivity index (χ3n) is 14.8. The van der Waals surface area contributed by atoms with Gasteiger partial charge in [0.1, 0.15) is 0 Å². The molecule has 0 aliphatic rings. The molecule has 324 valence electrons. The maximum Gasteiger partial charge on any atom is 0.240 e. The lowest BCUT2D eigenvalue weighted by atomic mass is 10.0. The van der Waals surface area contributed by atoms with Crippen LogP contribution < -0.4 is 0 Å². The number of rotatable bonds is 3. The molecule has 0 amide bonds. The monoisotopic (exact) mass is 891 g/mol. The van der Waals surface area contributed by atoms with E-state index in [1.54, 1.807) is 0 Å². The molecule has 16 aromatic rings. The molecule has 7 heteroatoms. The zero-order chi connectivity index (χ0) is 45.6. The van der Waals surface area contributed by atoms with Crippen LogP contribution in [0.15, 0.2) is 224 Å². The summed E-state index contributed by atoms with van der Waals surface area (Å²) in [6.45, 7) is 0. The highest BCUT2D eigenvalue weighted by atomic mass is 15.3. The molecule has 6 aromatic heterocycles. The summed E-state index contributed by atoms with van der Waals surface area (Å²) < 4.78 is 9.38. The van der Waals surface area contributed by atoms with E-state index >= 15 is 0 Å². The second-order valence-electron chi connectivity index (χ2n) is 18.4. The molecule has 0 radical (unpaired) electrons. The molecule has 7 nitrogen and oxygen atoms in total. The molecule has 0 aliphatic heterocycles. The van der Waals surface area contributed by atoms with Gasteiger partial charge in [0.05, 0.1) is 55.2 Å². The third-order valence-corrected chi connectivity index (χ3v) is 14.8. The van der Waals surface area contributed by atoms with Crippen LogP contribution in [0.1, 0.15) is 0 Å². The molecule has 0 saturated heterocycles. The van der Waals surface area contributed by atoms with Crippen LogP contribution in [0.3, 0.4) is 0 Å². The third kappa shape index (κ3) is 4.99. The van der Waals surface area contributed by atoms with Gasteiger partial charge in [0.25, 0.3) is 0 Å². The quantitative estimate of drug-likeness (QED) is 0.178. The van der Waals surface area contributed by atoms with Crippen molar-refractivity contribution in [2.45, 2.75) is 0 Å². The van der Waals surface area contributed by atoms with E-state index in [1.165, 1.54) is 43.4 Å². The van der Waals surface area contributed by atoms with E-state index in [0.717, 1.165) is 82.0 Å². The van der Waals surface area contributed by atoms with Gasteiger partial charge in [-0.15, -0.1) is 0 Å². The summed E-state index contributed by atoms with van der Waals surface area (Å²) in [4.78, 5) is 16.5. The Hall–Kier alpha value is -9.59. The van der Waals surface area contributed by atoms with E-state index in [0.29, 0.717) is 17.7 Å². The second-order valence-corrected chi connectivity index (χ2v) is 18.4. The number of fused-ring (bicyclic) bond motifs is 18. The summed E-state index contributed by atoms with van der Waals surface area (Å²) in [6, 6.07) is 81.0.